The molecule has 3 aromatic rings. The molecule has 0 atom stereocenters. The number of phenolic OH excluding ortho intramolecular Hbond substituents is 1. The van der Waals surface area contributed by atoms with Gasteiger partial charge in [0, 0.05) is 19.2 Å². The van der Waals surface area contributed by atoms with Gasteiger partial charge in [0.1, 0.15) is 5.75 Å². The fourth-order valence-corrected chi connectivity index (χ4v) is 2.87. The number of hydrogen-bond donors (Lipinski definition) is 2. The van der Waals surface area contributed by atoms with Gasteiger partial charge in [0.2, 0.25) is 6.79 Å². The van der Waals surface area contributed by atoms with Crippen LogP contribution in [0.15, 0.2) is 48.7 Å². The van der Waals surface area contributed by atoms with E-state index in [0.717, 1.165) is 11.1 Å². The molecule has 1 aliphatic rings. The Kier molecular flexibility index (Phi) is 3.96. The van der Waals surface area contributed by atoms with Crippen LogP contribution < -0.4 is 9.47 Å². The second-order valence-electron chi connectivity index (χ2n) is 6.05. The van der Waals surface area contributed by atoms with Crippen molar-refractivity contribution in [2.45, 2.75) is 6.54 Å². The van der Waals surface area contributed by atoms with Gasteiger partial charge in [-0.25, -0.2) is 0 Å². The number of aromatic amines is 1. The van der Waals surface area contributed by atoms with Crippen LogP contribution in [0.3, 0.4) is 0 Å². The predicted molar refractivity (Wildman–Crippen MR) is 94.1 cm³/mol. The molecule has 2 N–H and O–H groups in total. The Bertz CT molecular complexity index is 950. The molecule has 0 bridgehead atoms. The highest BCUT2D eigenvalue weighted by atomic mass is 16.7. The van der Waals surface area contributed by atoms with E-state index in [4.69, 9.17) is 9.47 Å². The summed E-state index contributed by atoms with van der Waals surface area (Å²) in [4.78, 5) is 14.5. The second-order valence-corrected chi connectivity index (χ2v) is 6.05. The van der Waals surface area contributed by atoms with Gasteiger partial charge in [-0.15, -0.1) is 0 Å². The smallest absolute Gasteiger partial charge is 0.257 e. The molecule has 7 heteroatoms. The number of aromatic nitrogens is 2. The van der Waals surface area contributed by atoms with Crippen LogP contribution in [-0.4, -0.2) is 40.0 Å². The number of hydrogen-bond acceptors (Lipinski definition) is 5. The minimum Gasteiger partial charge on any atom is -0.508 e. The summed E-state index contributed by atoms with van der Waals surface area (Å²) in [6.07, 6.45) is 1.52. The number of amides is 1. The van der Waals surface area contributed by atoms with Crippen molar-refractivity contribution in [1.29, 1.82) is 0 Å². The van der Waals surface area contributed by atoms with Crippen LogP contribution in [0, 0.1) is 0 Å². The van der Waals surface area contributed by atoms with Gasteiger partial charge in [0.05, 0.1) is 17.5 Å². The lowest BCUT2D eigenvalue weighted by Gasteiger charge is -2.17. The lowest BCUT2D eigenvalue weighted by atomic mass is 10.1. The van der Waals surface area contributed by atoms with E-state index in [1.54, 1.807) is 36.2 Å². The third-order valence-electron chi connectivity index (χ3n) is 4.23. The Morgan fingerprint density at radius 3 is 2.77 bits per heavy atom. The number of nitrogens with one attached hydrogen (secondary N) is 1. The summed E-state index contributed by atoms with van der Waals surface area (Å²) in [6, 6.07) is 12.3. The molecule has 0 radical (unpaired) electrons. The maximum absolute atomic E-state index is 12.9. The third kappa shape index (κ3) is 2.95. The summed E-state index contributed by atoms with van der Waals surface area (Å²) in [6.45, 7) is 0.619. The van der Waals surface area contributed by atoms with Crippen LogP contribution in [0.1, 0.15) is 15.9 Å². The summed E-state index contributed by atoms with van der Waals surface area (Å²) >= 11 is 0. The van der Waals surface area contributed by atoms with E-state index >= 15 is 0 Å². The first kappa shape index (κ1) is 16.0. The van der Waals surface area contributed by atoms with Gasteiger partial charge in [-0.2, -0.15) is 5.10 Å². The minimum absolute atomic E-state index is 0.153. The Hall–Kier alpha value is -3.48. The molecule has 0 fully saturated rings. The zero-order chi connectivity index (χ0) is 18.1. The van der Waals surface area contributed by atoms with Gasteiger partial charge < -0.3 is 19.5 Å². The van der Waals surface area contributed by atoms with Gasteiger partial charge in [-0.1, -0.05) is 12.1 Å². The number of carbonyl (C=O) groups excluding carboxylic acids is 1. The van der Waals surface area contributed by atoms with Crippen LogP contribution >= 0.6 is 0 Å². The molecule has 1 aliphatic heterocycles. The molecular formula is C19H17N3O4. The molecule has 2 aromatic carbocycles. The first-order valence-electron chi connectivity index (χ1n) is 8.08. The van der Waals surface area contributed by atoms with Crippen molar-refractivity contribution >= 4 is 5.91 Å². The Balaban J connectivity index is 1.57. The fourth-order valence-electron chi connectivity index (χ4n) is 2.87. The number of rotatable bonds is 4. The largest absolute Gasteiger partial charge is 0.508 e. The van der Waals surface area contributed by atoms with Crippen molar-refractivity contribution in [2.75, 3.05) is 13.8 Å². The molecule has 26 heavy (non-hydrogen) atoms. The Labute approximate surface area is 149 Å². The molecule has 7 nitrogen and oxygen atoms in total. The van der Waals surface area contributed by atoms with Gasteiger partial charge >= 0.3 is 0 Å². The molecular weight excluding hydrogens is 334 g/mol. The van der Waals surface area contributed by atoms with Crippen LogP contribution in [0.5, 0.6) is 17.2 Å². The zero-order valence-corrected chi connectivity index (χ0v) is 14.1. The number of fused-ring (bicyclic) bond motifs is 1. The Morgan fingerprint density at radius 2 is 1.96 bits per heavy atom. The van der Waals surface area contributed by atoms with Crippen molar-refractivity contribution in [3.8, 4) is 28.5 Å². The van der Waals surface area contributed by atoms with Crippen molar-refractivity contribution in [3.63, 3.8) is 0 Å². The Morgan fingerprint density at radius 1 is 1.19 bits per heavy atom. The molecule has 1 amide bonds. The predicted octanol–water partition coefficient (Wildman–Crippen LogP) is 2.78. The van der Waals surface area contributed by atoms with Crippen LogP contribution in [0.2, 0.25) is 0 Å². The standard InChI is InChI=1S/C19H17N3O4/c1-22(10-12-2-5-14(23)6-3-12)19(24)15-9-20-21-18(15)13-4-7-16-17(8-13)26-11-25-16/h2-9,23H,10-11H2,1H3,(H,20,21). The lowest BCUT2D eigenvalue weighted by molar-refractivity contribution is 0.0786. The molecule has 1 aromatic heterocycles. The minimum atomic E-state index is -0.153. The number of phenols is 1. The monoisotopic (exact) mass is 351 g/mol. The second kappa shape index (κ2) is 6.44. The van der Waals surface area contributed by atoms with E-state index in [1.165, 1.54) is 6.20 Å². The molecule has 132 valence electrons. The molecule has 0 saturated carbocycles. The molecule has 0 unspecified atom stereocenters. The van der Waals surface area contributed by atoms with Crippen molar-refractivity contribution in [1.82, 2.24) is 15.1 Å². The molecule has 0 aliphatic carbocycles. The third-order valence-corrected chi connectivity index (χ3v) is 4.23. The van der Waals surface area contributed by atoms with E-state index in [9.17, 15) is 9.90 Å². The first-order valence-corrected chi connectivity index (χ1v) is 8.08. The summed E-state index contributed by atoms with van der Waals surface area (Å²) in [5, 5.41) is 16.3. The number of aromatic hydroxyl groups is 1. The summed E-state index contributed by atoms with van der Waals surface area (Å²) < 4.78 is 10.7. The lowest BCUT2D eigenvalue weighted by Crippen LogP contribution is -2.26. The molecule has 0 saturated heterocycles. The topological polar surface area (TPSA) is 87.7 Å². The van der Waals surface area contributed by atoms with Crippen molar-refractivity contribution < 1.29 is 19.4 Å². The van der Waals surface area contributed by atoms with E-state index in [0.29, 0.717) is 29.3 Å². The highest BCUT2D eigenvalue weighted by Gasteiger charge is 2.21. The first-order chi connectivity index (χ1) is 12.6. The maximum atomic E-state index is 12.9. The molecule has 2 heterocycles. The van der Waals surface area contributed by atoms with E-state index in [1.807, 2.05) is 18.2 Å². The quantitative estimate of drug-likeness (QED) is 0.755. The summed E-state index contributed by atoms with van der Waals surface area (Å²) in [5.41, 5.74) is 2.83. The van der Waals surface area contributed by atoms with Crippen LogP contribution in [-0.2, 0) is 6.54 Å². The molecule has 0 spiro atoms. The highest BCUT2D eigenvalue weighted by Crippen LogP contribution is 2.36. The zero-order valence-electron chi connectivity index (χ0n) is 14.1. The molecule has 4 rings (SSSR count). The van der Waals surface area contributed by atoms with E-state index in [2.05, 4.69) is 10.2 Å². The maximum Gasteiger partial charge on any atom is 0.257 e. The average Bonchev–Trinajstić information content (AvgIpc) is 3.31. The van der Waals surface area contributed by atoms with E-state index < -0.39 is 0 Å². The van der Waals surface area contributed by atoms with Crippen molar-refractivity contribution in [2.24, 2.45) is 0 Å². The average molecular weight is 351 g/mol. The van der Waals surface area contributed by atoms with Gasteiger partial charge in [0.25, 0.3) is 5.91 Å². The van der Waals surface area contributed by atoms with Crippen LogP contribution in [0.4, 0.5) is 0 Å². The van der Waals surface area contributed by atoms with Crippen LogP contribution in [0.25, 0.3) is 11.3 Å². The fraction of sp³-hybridized carbons (Fsp3) is 0.158. The SMILES string of the molecule is CN(Cc1ccc(O)cc1)C(=O)c1cn[nH]c1-c1ccc2c(c1)OCO2. The summed E-state index contributed by atoms with van der Waals surface area (Å²) in [5.74, 6) is 1.38. The van der Waals surface area contributed by atoms with E-state index in [-0.39, 0.29) is 18.4 Å². The number of nitrogens with zero attached hydrogens (tertiary/aromatic N) is 2. The van der Waals surface area contributed by atoms with Gasteiger partial charge in [0.15, 0.2) is 11.5 Å². The normalized spacial score (nSPS) is 12.2. The summed E-state index contributed by atoms with van der Waals surface area (Å²) in [7, 11) is 1.73. The number of benzene rings is 2. The van der Waals surface area contributed by atoms with Gasteiger partial charge in [-0.05, 0) is 35.9 Å². The number of H-pyrrole nitrogens is 1. The van der Waals surface area contributed by atoms with Crippen molar-refractivity contribution in [3.05, 3.63) is 59.8 Å². The number of carbonyl (C=O) groups is 1. The number of ether oxygens (including phenoxy) is 2. The highest BCUT2D eigenvalue weighted by molar-refractivity contribution is 5.99. The van der Waals surface area contributed by atoms with Gasteiger partial charge in [-0.3, -0.25) is 9.89 Å².